The van der Waals surface area contributed by atoms with E-state index in [2.05, 4.69) is 0 Å². The molecule has 1 saturated carbocycles. The van der Waals surface area contributed by atoms with E-state index >= 15 is 0 Å². The van der Waals surface area contributed by atoms with Crippen molar-refractivity contribution >= 4 is 52.4 Å². The third kappa shape index (κ3) is 4.14. The Balaban J connectivity index is 1.35. The fourth-order valence-corrected chi connectivity index (χ4v) is 8.40. The normalized spacial score (nSPS) is 28.6. The second kappa shape index (κ2) is 10.5. The van der Waals surface area contributed by atoms with Gasteiger partial charge >= 0.3 is 0 Å². The maximum absolute atomic E-state index is 14.5. The van der Waals surface area contributed by atoms with Crippen LogP contribution < -0.4 is 9.80 Å². The number of carbonyl (C=O) groups excluding carboxylic acids is 5. The average Bonchev–Trinajstić information content (AvgIpc) is 3.39. The molecule has 10 heteroatoms. The largest absolute Gasteiger partial charge is 0.508 e. The average molecular weight is 641 g/mol. The Morgan fingerprint density at radius 1 is 0.913 bits per heavy atom. The van der Waals surface area contributed by atoms with Gasteiger partial charge in [-0.25, -0.2) is 9.29 Å². The van der Waals surface area contributed by atoms with Gasteiger partial charge < -0.3 is 5.11 Å². The summed E-state index contributed by atoms with van der Waals surface area (Å²) < 4.78 is 14.1. The molecule has 6 unspecified atom stereocenters. The second-order valence-electron chi connectivity index (χ2n) is 12.9. The van der Waals surface area contributed by atoms with Gasteiger partial charge in [-0.1, -0.05) is 35.4 Å². The Labute approximate surface area is 269 Å². The van der Waals surface area contributed by atoms with Crippen molar-refractivity contribution in [1.29, 1.82) is 0 Å². The number of imide groups is 2. The molecule has 3 fully saturated rings. The fourth-order valence-electron chi connectivity index (χ4n) is 8.22. The van der Waals surface area contributed by atoms with E-state index in [1.807, 2.05) is 6.08 Å². The number of anilines is 2. The Hall–Kier alpha value is -4.63. The first kappa shape index (κ1) is 30.0. The van der Waals surface area contributed by atoms with E-state index < -0.39 is 52.6 Å². The topological polar surface area (TPSA) is 112 Å². The molecule has 3 aromatic rings. The van der Waals surface area contributed by atoms with Crippen LogP contribution in [0, 0.1) is 41.8 Å². The van der Waals surface area contributed by atoms with Crippen LogP contribution in [0.2, 0.25) is 5.02 Å². The number of hydrogen-bond donors (Lipinski definition) is 1. The monoisotopic (exact) mass is 640 g/mol. The minimum atomic E-state index is -1.29. The first-order valence-electron chi connectivity index (χ1n) is 15.2. The lowest BCUT2D eigenvalue weighted by molar-refractivity contribution is -0.131. The van der Waals surface area contributed by atoms with E-state index in [9.17, 15) is 33.5 Å². The minimum absolute atomic E-state index is 0.0786. The number of aryl methyl sites for hydroxylation is 1. The molecule has 2 aliphatic heterocycles. The number of hydrogen-bond acceptors (Lipinski definition) is 6. The van der Waals surface area contributed by atoms with Crippen LogP contribution in [0.15, 0.2) is 72.3 Å². The number of carbonyl (C=O) groups is 5. The summed E-state index contributed by atoms with van der Waals surface area (Å²) in [5, 5.41) is 10.1. The van der Waals surface area contributed by atoms with E-state index in [1.165, 1.54) is 24.0 Å². The van der Waals surface area contributed by atoms with Gasteiger partial charge in [0.05, 0.1) is 39.6 Å². The zero-order chi connectivity index (χ0) is 32.8. The summed E-state index contributed by atoms with van der Waals surface area (Å²) in [7, 11) is 0. The number of Topliss-reactive ketones (excluding diaryl/α,β-unsaturated/α-hetero) is 1. The number of ketones is 1. The molecular formula is C36H30ClFN2O6. The van der Waals surface area contributed by atoms with Gasteiger partial charge in [-0.05, 0) is 99.2 Å². The lowest BCUT2D eigenvalue weighted by Crippen LogP contribution is -2.48. The Morgan fingerprint density at radius 3 is 2.26 bits per heavy atom. The van der Waals surface area contributed by atoms with Gasteiger partial charge in [-0.15, -0.1) is 0 Å². The summed E-state index contributed by atoms with van der Waals surface area (Å²) >= 11 is 6.06. The number of phenols is 1. The van der Waals surface area contributed by atoms with Crippen molar-refractivity contribution in [3.8, 4) is 5.75 Å². The highest BCUT2D eigenvalue weighted by molar-refractivity contribution is 6.32. The van der Waals surface area contributed by atoms with E-state index in [0.29, 0.717) is 22.4 Å². The minimum Gasteiger partial charge on any atom is -0.508 e. The maximum Gasteiger partial charge on any atom is 0.241 e. The molecule has 234 valence electrons. The van der Waals surface area contributed by atoms with E-state index in [0.717, 1.165) is 16.5 Å². The van der Waals surface area contributed by atoms with Gasteiger partial charge in [0, 0.05) is 11.5 Å². The van der Waals surface area contributed by atoms with Crippen molar-refractivity contribution in [3.63, 3.8) is 0 Å². The van der Waals surface area contributed by atoms with Crippen molar-refractivity contribution in [2.45, 2.75) is 39.5 Å². The SMILES string of the molecule is CC(=O)c1ccc(N2C(=O)C3CC=C4C(CC5C(=O)N(c6ccc(F)c(Cl)c6)C(=O)C5(C)C4c4ccc(O)c(C)c4)C3C2=O)cc1. The molecule has 8 nitrogen and oxygen atoms in total. The van der Waals surface area contributed by atoms with Gasteiger partial charge in [0.1, 0.15) is 11.6 Å². The summed E-state index contributed by atoms with van der Waals surface area (Å²) in [6, 6.07) is 15.1. The number of benzene rings is 3. The number of halogens is 2. The molecule has 0 radical (unpaired) electrons. The number of nitrogens with zero attached hydrogens (tertiary/aromatic N) is 2. The van der Waals surface area contributed by atoms with E-state index in [1.54, 1.807) is 56.3 Å². The van der Waals surface area contributed by atoms with Crippen LogP contribution in [0.25, 0.3) is 0 Å². The molecule has 2 saturated heterocycles. The highest BCUT2D eigenvalue weighted by Gasteiger charge is 2.67. The van der Waals surface area contributed by atoms with Crippen LogP contribution in [0.3, 0.4) is 0 Å². The van der Waals surface area contributed by atoms with Crippen molar-refractivity contribution in [3.05, 3.63) is 99.8 Å². The lowest BCUT2D eigenvalue weighted by atomic mass is 9.51. The second-order valence-corrected chi connectivity index (χ2v) is 13.3. The first-order chi connectivity index (χ1) is 21.8. The van der Waals surface area contributed by atoms with Gasteiger partial charge in [0.2, 0.25) is 23.6 Å². The van der Waals surface area contributed by atoms with Gasteiger partial charge in [-0.3, -0.25) is 28.9 Å². The first-order valence-corrected chi connectivity index (χ1v) is 15.5. The molecular weight excluding hydrogens is 611 g/mol. The highest BCUT2D eigenvalue weighted by Crippen LogP contribution is 2.64. The smallest absolute Gasteiger partial charge is 0.241 e. The number of phenolic OH excluding ortho intramolecular Hbond substituents is 1. The van der Waals surface area contributed by atoms with Gasteiger partial charge in [-0.2, -0.15) is 0 Å². The Morgan fingerprint density at radius 2 is 1.61 bits per heavy atom. The van der Waals surface area contributed by atoms with Gasteiger partial charge in [0.15, 0.2) is 5.78 Å². The number of rotatable bonds is 4. The molecule has 1 N–H and O–H groups in total. The van der Waals surface area contributed by atoms with Crippen LogP contribution in [0.5, 0.6) is 5.75 Å². The molecule has 4 aliphatic rings. The molecule has 4 amide bonds. The number of fused-ring (bicyclic) bond motifs is 4. The van der Waals surface area contributed by atoms with Crippen LogP contribution >= 0.6 is 11.6 Å². The van der Waals surface area contributed by atoms with Crippen LogP contribution in [0.4, 0.5) is 15.8 Å². The van der Waals surface area contributed by atoms with Gasteiger partial charge in [0.25, 0.3) is 0 Å². The molecule has 3 aromatic carbocycles. The van der Waals surface area contributed by atoms with Crippen molar-refractivity contribution in [1.82, 2.24) is 0 Å². The van der Waals surface area contributed by atoms with Crippen molar-refractivity contribution in [2.24, 2.45) is 29.1 Å². The zero-order valence-electron chi connectivity index (χ0n) is 25.3. The number of amides is 4. The molecule has 6 atom stereocenters. The molecule has 0 spiro atoms. The summed E-state index contributed by atoms with van der Waals surface area (Å²) in [5.41, 5.74) is 1.78. The standard InChI is InChI=1S/C36H30ClFN2O6/c1-17-14-20(6-13-29(17)42)31-23-10-11-24-30(34(45)39(32(24)43)21-7-4-19(5-8-21)18(2)41)25(23)16-26-33(44)40(35(46)36(26,31)3)22-9-12-28(38)27(37)15-22/h4-10,12-15,24-26,30-31,42H,11,16H2,1-3H3. The third-order valence-electron chi connectivity index (χ3n) is 10.5. The summed E-state index contributed by atoms with van der Waals surface area (Å²) in [6.07, 6.45) is 2.38. The molecule has 46 heavy (non-hydrogen) atoms. The maximum atomic E-state index is 14.5. The predicted octanol–water partition coefficient (Wildman–Crippen LogP) is 6.13. The zero-order valence-corrected chi connectivity index (χ0v) is 26.0. The number of allylic oxidation sites excluding steroid dienone is 2. The van der Waals surface area contributed by atoms with E-state index in [4.69, 9.17) is 11.6 Å². The highest BCUT2D eigenvalue weighted by atomic mass is 35.5. The third-order valence-corrected chi connectivity index (χ3v) is 10.8. The molecule has 0 bridgehead atoms. The Bertz CT molecular complexity index is 1920. The fraction of sp³-hybridized carbons (Fsp3) is 0.306. The molecule has 7 rings (SSSR count). The number of aromatic hydroxyl groups is 1. The van der Waals surface area contributed by atoms with E-state index in [-0.39, 0.29) is 46.9 Å². The summed E-state index contributed by atoms with van der Waals surface area (Å²) in [4.78, 5) is 70.8. The van der Waals surface area contributed by atoms with Crippen LogP contribution in [-0.4, -0.2) is 34.5 Å². The van der Waals surface area contributed by atoms with Crippen molar-refractivity contribution < 1.29 is 33.5 Å². The predicted molar refractivity (Wildman–Crippen MR) is 168 cm³/mol. The lowest BCUT2D eigenvalue weighted by Gasteiger charge is -2.49. The summed E-state index contributed by atoms with van der Waals surface area (Å²) in [6.45, 7) is 4.93. The van der Waals surface area contributed by atoms with Crippen LogP contribution in [-0.2, 0) is 19.2 Å². The quantitative estimate of drug-likeness (QED) is 0.209. The van der Waals surface area contributed by atoms with Crippen molar-refractivity contribution in [2.75, 3.05) is 9.80 Å². The van der Waals surface area contributed by atoms with Crippen LogP contribution in [0.1, 0.15) is 54.1 Å². The summed E-state index contributed by atoms with van der Waals surface area (Å²) in [5.74, 6) is -5.88. The molecule has 0 aromatic heterocycles. The Kier molecular flexibility index (Phi) is 6.83. The molecule has 2 heterocycles. The molecule has 2 aliphatic carbocycles.